The highest BCUT2D eigenvalue weighted by molar-refractivity contribution is 5.94. The number of methoxy groups -OCH3 is 1. The third-order valence-electron chi connectivity index (χ3n) is 4.02. The average Bonchev–Trinajstić information content (AvgIpc) is 3.16. The van der Waals surface area contributed by atoms with E-state index in [9.17, 15) is 4.79 Å². The lowest BCUT2D eigenvalue weighted by atomic mass is 10.0. The van der Waals surface area contributed by atoms with Crippen LogP contribution in [0.15, 0.2) is 59.1 Å². The first-order valence-corrected chi connectivity index (χ1v) is 8.42. The number of nitrogens with one attached hydrogen (secondary N) is 1. The molecule has 3 aromatic rings. The van der Waals surface area contributed by atoms with Gasteiger partial charge in [-0.2, -0.15) is 4.98 Å². The molecule has 1 amide bonds. The van der Waals surface area contributed by atoms with Crippen LogP contribution in [0.4, 0.5) is 0 Å². The number of rotatable bonds is 6. The fraction of sp³-hybridized carbons (Fsp3) is 0.250. The van der Waals surface area contributed by atoms with E-state index in [1.807, 2.05) is 44.2 Å². The minimum absolute atomic E-state index is 0.0774. The fourth-order valence-corrected chi connectivity index (χ4v) is 2.57. The van der Waals surface area contributed by atoms with Gasteiger partial charge >= 0.3 is 0 Å². The normalized spacial score (nSPS) is 12.0. The summed E-state index contributed by atoms with van der Waals surface area (Å²) in [5.41, 5.74) is 1.38. The van der Waals surface area contributed by atoms with Crippen molar-refractivity contribution in [3.63, 3.8) is 0 Å². The Hall–Kier alpha value is -3.15. The van der Waals surface area contributed by atoms with Crippen molar-refractivity contribution in [3.8, 4) is 17.1 Å². The number of nitrogens with zero attached hydrogens (tertiary/aromatic N) is 2. The van der Waals surface area contributed by atoms with Gasteiger partial charge in [-0.05, 0) is 24.1 Å². The van der Waals surface area contributed by atoms with Crippen molar-refractivity contribution in [1.82, 2.24) is 15.5 Å². The molecule has 6 nitrogen and oxygen atoms in total. The van der Waals surface area contributed by atoms with Gasteiger partial charge in [0.25, 0.3) is 5.91 Å². The van der Waals surface area contributed by atoms with Crippen LogP contribution in [0.2, 0.25) is 0 Å². The monoisotopic (exact) mass is 351 g/mol. The molecule has 0 fully saturated rings. The summed E-state index contributed by atoms with van der Waals surface area (Å²) >= 11 is 0. The van der Waals surface area contributed by atoms with E-state index in [0.29, 0.717) is 23.0 Å². The molecular weight excluding hydrogens is 330 g/mol. The summed E-state index contributed by atoms with van der Waals surface area (Å²) in [6.07, 6.45) is 0. The Morgan fingerprint density at radius 1 is 1.12 bits per heavy atom. The number of carbonyl (C=O) groups is 1. The smallest absolute Gasteiger partial charge is 0.252 e. The van der Waals surface area contributed by atoms with Gasteiger partial charge in [-0.1, -0.05) is 55.4 Å². The predicted molar refractivity (Wildman–Crippen MR) is 97.8 cm³/mol. The maximum atomic E-state index is 12.6. The summed E-state index contributed by atoms with van der Waals surface area (Å²) in [6.45, 7) is 3.98. The fourth-order valence-electron chi connectivity index (χ4n) is 2.57. The zero-order valence-corrected chi connectivity index (χ0v) is 15.0. The molecule has 0 radical (unpaired) electrons. The molecule has 0 unspecified atom stereocenters. The molecule has 0 saturated carbocycles. The lowest BCUT2D eigenvalue weighted by Crippen LogP contribution is -2.32. The van der Waals surface area contributed by atoms with Crippen LogP contribution in [0.3, 0.4) is 0 Å². The number of amides is 1. The summed E-state index contributed by atoms with van der Waals surface area (Å²) in [5, 5.41) is 7.01. The van der Waals surface area contributed by atoms with Gasteiger partial charge in [0.2, 0.25) is 11.7 Å². The number of benzene rings is 2. The Bertz CT molecular complexity index is 875. The highest BCUT2D eigenvalue weighted by atomic mass is 16.5. The Kier molecular flexibility index (Phi) is 5.31. The lowest BCUT2D eigenvalue weighted by Gasteiger charge is -2.18. The van der Waals surface area contributed by atoms with Crippen molar-refractivity contribution < 1.29 is 14.1 Å². The van der Waals surface area contributed by atoms with Crippen LogP contribution < -0.4 is 10.1 Å². The first kappa shape index (κ1) is 17.7. The van der Waals surface area contributed by atoms with Gasteiger partial charge in [0, 0.05) is 11.1 Å². The molecule has 26 heavy (non-hydrogen) atoms. The molecule has 3 rings (SSSR count). The summed E-state index contributed by atoms with van der Waals surface area (Å²) in [6, 6.07) is 16.2. The van der Waals surface area contributed by atoms with E-state index in [4.69, 9.17) is 9.26 Å². The second-order valence-electron chi connectivity index (χ2n) is 6.25. The van der Waals surface area contributed by atoms with Crippen LogP contribution in [0.5, 0.6) is 5.75 Å². The van der Waals surface area contributed by atoms with Gasteiger partial charge in [0.05, 0.1) is 7.11 Å². The summed E-state index contributed by atoms with van der Waals surface area (Å²) in [5.74, 6) is 1.37. The highest BCUT2D eigenvalue weighted by Crippen LogP contribution is 2.24. The van der Waals surface area contributed by atoms with Crippen LogP contribution in [-0.4, -0.2) is 23.2 Å². The number of hydrogen-bond donors (Lipinski definition) is 1. The molecule has 1 atom stereocenters. The number of carbonyl (C=O) groups excluding carboxylic acids is 1. The van der Waals surface area contributed by atoms with E-state index < -0.39 is 6.04 Å². The largest absolute Gasteiger partial charge is 0.497 e. The maximum Gasteiger partial charge on any atom is 0.252 e. The molecule has 134 valence electrons. The molecule has 1 heterocycles. The van der Waals surface area contributed by atoms with Gasteiger partial charge in [-0.25, -0.2) is 0 Å². The number of ether oxygens (including phenoxy) is 1. The Balaban J connectivity index is 1.81. The molecular formula is C20H21N3O3. The molecule has 0 aliphatic heterocycles. The summed E-state index contributed by atoms with van der Waals surface area (Å²) in [4.78, 5) is 17.1. The maximum absolute atomic E-state index is 12.6. The molecule has 2 aromatic carbocycles. The van der Waals surface area contributed by atoms with Crippen molar-refractivity contribution in [1.29, 1.82) is 0 Å². The van der Waals surface area contributed by atoms with Gasteiger partial charge in [-0.3, -0.25) is 4.79 Å². The number of aromatic nitrogens is 2. The first-order valence-electron chi connectivity index (χ1n) is 8.42. The SMILES string of the molecule is COc1cccc(C(=O)N[C@@H](c2nc(-c3ccccc3)no2)C(C)C)c1. The van der Waals surface area contributed by atoms with Crippen LogP contribution >= 0.6 is 0 Å². The van der Waals surface area contributed by atoms with Crippen molar-refractivity contribution >= 4 is 5.91 Å². The third kappa shape index (κ3) is 3.91. The molecule has 1 N–H and O–H groups in total. The van der Waals surface area contributed by atoms with Crippen LogP contribution in [0.25, 0.3) is 11.4 Å². The first-order chi connectivity index (χ1) is 12.6. The average molecular weight is 351 g/mol. The molecule has 6 heteroatoms. The zero-order chi connectivity index (χ0) is 18.5. The Morgan fingerprint density at radius 2 is 1.88 bits per heavy atom. The van der Waals surface area contributed by atoms with E-state index in [0.717, 1.165) is 5.56 Å². The van der Waals surface area contributed by atoms with E-state index in [-0.39, 0.29) is 11.8 Å². The van der Waals surface area contributed by atoms with Gasteiger partial charge in [0.1, 0.15) is 11.8 Å². The summed E-state index contributed by atoms with van der Waals surface area (Å²) in [7, 11) is 1.57. The second kappa shape index (κ2) is 7.82. The van der Waals surface area contributed by atoms with E-state index in [2.05, 4.69) is 15.5 Å². The molecule has 1 aromatic heterocycles. The molecule has 0 saturated heterocycles. The lowest BCUT2D eigenvalue weighted by molar-refractivity contribution is 0.0913. The van der Waals surface area contributed by atoms with Crippen molar-refractivity contribution in [2.75, 3.05) is 7.11 Å². The van der Waals surface area contributed by atoms with Crippen LogP contribution in [0, 0.1) is 5.92 Å². The van der Waals surface area contributed by atoms with Crippen molar-refractivity contribution in [2.45, 2.75) is 19.9 Å². The third-order valence-corrected chi connectivity index (χ3v) is 4.02. The quantitative estimate of drug-likeness (QED) is 0.729. The van der Waals surface area contributed by atoms with Crippen molar-refractivity contribution in [2.24, 2.45) is 5.92 Å². The zero-order valence-electron chi connectivity index (χ0n) is 15.0. The minimum Gasteiger partial charge on any atom is -0.497 e. The van der Waals surface area contributed by atoms with E-state index >= 15 is 0 Å². The van der Waals surface area contributed by atoms with Gasteiger partial charge in [-0.15, -0.1) is 0 Å². The van der Waals surface area contributed by atoms with Crippen LogP contribution in [-0.2, 0) is 0 Å². The molecule has 0 bridgehead atoms. The predicted octanol–water partition coefficient (Wildman–Crippen LogP) is 3.87. The standard InChI is InChI=1S/C20H21N3O3/c1-13(2)17(21-19(24)15-10-7-11-16(12-15)25-3)20-22-18(23-26-20)14-8-5-4-6-9-14/h4-13,17H,1-3H3,(H,21,24)/t17-/m1/s1. The second-order valence-corrected chi connectivity index (χ2v) is 6.25. The van der Waals surface area contributed by atoms with Crippen molar-refractivity contribution in [3.05, 3.63) is 66.1 Å². The van der Waals surface area contributed by atoms with Crippen LogP contribution in [0.1, 0.15) is 36.1 Å². The Morgan fingerprint density at radius 3 is 2.58 bits per heavy atom. The topological polar surface area (TPSA) is 77.2 Å². The molecule has 0 aliphatic rings. The summed E-state index contributed by atoms with van der Waals surface area (Å²) < 4.78 is 10.6. The van der Waals surface area contributed by atoms with E-state index in [1.54, 1.807) is 31.4 Å². The minimum atomic E-state index is -0.390. The molecule has 0 spiro atoms. The number of hydrogen-bond acceptors (Lipinski definition) is 5. The molecule has 0 aliphatic carbocycles. The van der Waals surface area contributed by atoms with E-state index in [1.165, 1.54) is 0 Å². The van der Waals surface area contributed by atoms with Gasteiger partial charge in [0.15, 0.2) is 0 Å². The Labute approximate surface area is 152 Å². The van der Waals surface area contributed by atoms with Gasteiger partial charge < -0.3 is 14.6 Å². The highest BCUT2D eigenvalue weighted by Gasteiger charge is 2.25.